The lowest BCUT2D eigenvalue weighted by atomic mass is 10.1. The van der Waals surface area contributed by atoms with Crippen molar-refractivity contribution in [2.75, 3.05) is 43.4 Å². The van der Waals surface area contributed by atoms with Crippen molar-refractivity contribution in [1.29, 1.82) is 0 Å². The van der Waals surface area contributed by atoms with Crippen LogP contribution in [0.1, 0.15) is 20.8 Å². The van der Waals surface area contributed by atoms with E-state index < -0.39 is 0 Å². The molecule has 3 amide bonds. The molecule has 1 saturated heterocycles. The van der Waals surface area contributed by atoms with Crippen LogP contribution in [0.15, 0.2) is 66.0 Å². The molecule has 1 aliphatic rings. The molecule has 7 nitrogen and oxygen atoms in total. The average molecular weight is 477 g/mol. The zero-order valence-electron chi connectivity index (χ0n) is 19.1. The van der Waals surface area contributed by atoms with E-state index >= 15 is 0 Å². The Morgan fingerprint density at radius 3 is 2.18 bits per heavy atom. The van der Waals surface area contributed by atoms with Gasteiger partial charge in [-0.05, 0) is 53.8 Å². The Labute approximate surface area is 203 Å². The molecular weight excluding hydrogens is 448 g/mol. The van der Waals surface area contributed by atoms with Crippen molar-refractivity contribution < 1.29 is 14.4 Å². The van der Waals surface area contributed by atoms with E-state index in [1.54, 1.807) is 30.3 Å². The summed E-state index contributed by atoms with van der Waals surface area (Å²) in [5.41, 5.74) is 3.53. The molecule has 8 heteroatoms. The summed E-state index contributed by atoms with van der Waals surface area (Å²) < 4.78 is 0. The largest absolute Gasteiger partial charge is 0.340 e. The molecule has 0 radical (unpaired) electrons. The highest BCUT2D eigenvalue weighted by molar-refractivity contribution is 7.12. The highest BCUT2D eigenvalue weighted by Gasteiger charge is 2.22. The van der Waals surface area contributed by atoms with Crippen molar-refractivity contribution in [3.8, 4) is 0 Å². The maximum atomic E-state index is 12.7. The van der Waals surface area contributed by atoms with Gasteiger partial charge in [-0.15, -0.1) is 11.3 Å². The normalized spacial score (nSPS) is 14.0. The average Bonchev–Trinajstić information content (AvgIpc) is 3.37. The zero-order chi connectivity index (χ0) is 23.9. The van der Waals surface area contributed by atoms with Crippen LogP contribution in [-0.2, 0) is 16.0 Å². The number of thiophene rings is 1. The lowest BCUT2D eigenvalue weighted by Gasteiger charge is -2.34. The van der Waals surface area contributed by atoms with E-state index in [0.29, 0.717) is 48.9 Å². The summed E-state index contributed by atoms with van der Waals surface area (Å²) in [6.07, 6.45) is 0.414. The summed E-state index contributed by atoms with van der Waals surface area (Å²) in [4.78, 5) is 41.9. The predicted octanol–water partition coefficient (Wildman–Crippen LogP) is 3.63. The molecule has 0 bridgehead atoms. The molecule has 1 aliphatic heterocycles. The first-order valence-electron chi connectivity index (χ1n) is 11.3. The number of amides is 3. The highest BCUT2D eigenvalue weighted by Crippen LogP contribution is 2.17. The van der Waals surface area contributed by atoms with Gasteiger partial charge in [0.2, 0.25) is 11.8 Å². The summed E-state index contributed by atoms with van der Waals surface area (Å²) in [6.45, 7) is 4.87. The fraction of sp³-hybridized carbons (Fsp3) is 0.269. The third-order valence-electron chi connectivity index (χ3n) is 5.87. The summed E-state index contributed by atoms with van der Waals surface area (Å²) >= 11 is 1.39. The van der Waals surface area contributed by atoms with E-state index in [9.17, 15) is 14.4 Å². The van der Waals surface area contributed by atoms with Gasteiger partial charge in [0.25, 0.3) is 5.91 Å². The predicted molar refractivity (Wildman–Crippen MR) is 135 cm³/mol. The zero-order valence-corrected chi connectivity index (χ0v) is 19.9. The maximum absolute atomic E-state index is 12.7. The monoisotopic (exact) mass is 476 g/mol. The van der Waals surface area contributed by atoms with Crippen LogP contribution in [0.4, 0.5) is 11.4 Å². The van der Waals surface area contributed by atoms with Gasteiger partial charge in [-0.3, -0.25) is 19.3 Å². The molecule has 0 spiro atoms. The molecular formula is C26H28N4O3S. The van der Waals surface area contributed by atoms with Crippen LogP contribution in [0.5, 0.6) is 0 Å². The number of anilines is 2. The molecule has 2 N–H and O–H groups in total. The van der Waals surface area contributed by atoms with Crippen molar-refractivity contribution in [1.82, 2.24) is 9.80 Å². The number of carbonyl (C=O) groups excluding carboxylic acids is 3. The number of nitrogens with zero attached hydrogens (tertiary/aromatic N) is 2. The van der Waals surface area contributed by atoms with Gasteiger partial charge in [-0.2, -0.15) is 0 Å². The van der Waals surface area contributed by atoms with Crippen molar-refractivity contribution in [2.24, 2.45) is 0 Å². The molecule has 3 aromatic rings. The van der Waals surface area contributed by atoms with Gasteiger partial charge in [0.15, 0.2) is 0 Å². The van der Waals surface area contributed by atoms with Crippen LogP contribution in [0.25, 0.3) is 0 Å². The van der Waals surface area contributed by atoms with Crippen LogP contribution >= 0.6 is 11.3 Å². The van der Waals surface area contributed by atoms with E-state index in [4.69, 9.17) is 0 Å². The van der Waals surface area contributed by atoms with Crippen molar-refractivity contribution in [2.45, 2.75) is 13.3 Å². The van der Waals surface area contributed by atoms with E-state index in [2.05, 4.69) is 15.5 Å². The molecule has 4 rings (SSSR count). The van der Waals surface area contributed by atoms with Crippen molar-refractivity contribution in [3.63, 3.8) is 0 Å². The second-order valence-corrected chi connectivity index (χ2v) is 9.26. The molecule has 0 aliphatic carbocycles. The molecule has 0 saturated carbocycles. The topological polar surface area (TPSA) is 81.8 Å². The van der Waals surface area contributed by atoms with Gasteiger partial charge in [0.1, 0.15) is 0 Å². The molecule has 0 atom stereocenters. The SMILES string of the molecule is Cc1ccccc1CC(=O)N1CCN(CC(=O)Nc2ccc(NC(=O)c3cccs3)cc2)CC1. The first-order chi connectivity index (χ1) is 16.5. The fourth-order valence-electron chi connectivity index (χ4n) is 3.88. The molecule has 176 valence electrons. The molecule has 2 heterocycles. The van der Waals surface area contributed by atoms with E-state index in [0.717, 1.165) is 11.1 Å². The minimum Gasteiger partial charge on any atom is -0.340 e. The van der Waals surface area contributed by atoms with Gasteiger partial charge >= 0.3 is 0 Å². The molecule has 0 unspecified atom stereocenters. The van der Waals surface area contributed by atoms with Crippen LogP contribution in [0.2, 0.25) is 0 Å². The molecule has 34 heavy (non-hydrogen) atoms. The summed E-state index contributed by atoms with van der Waals surface area (Å²) in [5.74, 6) is -0.122. The third-order valence-corrected chi connectivity index (χ3v) is 6.74. The highest BCUT2D eigenvalue weighted by atomic mass is 32.1. The summed E-state index contributed by atoms with van der Waals surface area (Å²) in [6, 6.07) is 18.6. The Bertz CT molecular complexity index is 1140. The Kier molecular flexibility index (Phi) is 7.72. The smallest absolute Gasteiger partial charge is 0.265 e. The fourth-order valence-corrected chi connectivity index (χ4v) is 4.50. The Morgan fingerprint density at radius 1 is 0.853 bits per heavy atom. The first kappa shape index (κ1) is 23.7. The Morgan fingerprint density at radius 2 is 1.53 bits per heavy atom. The number of aryl methyl sites for hydroxylation is 1. The van der Waals surface area contributed by atoms with E-state index in [-0.39, 0.29) is 24.3 Å². The van der Waals surface area contributed by atoms with Gasteiger partial charge in [-0.1, -0.05) is 30.3 Å². The summed E-state index contributed by atoms with van der Waals surface area (Å²) in [7, 11) is 0. The van der Waals surface area contributed by atoms with Gasteiger partial charge in [0.05, 0.1) is 17.8 Å². The first-order valence-corrected chi connectivity index (χ1v) is 12.2. The minimum absolute atomic E-state index is 0.102. The second kappa shape index (κ2) is 11.1. The Hall–Kier alpha value is -3.49. The van der Waals surface area contributed by atoms with E-state index in [1.807, 2.05) is 47.5 Å². The lowest BCUT2D eigenvalue weighted by Crippen LogP contribution is -2.50. The molecule has 2 aromatic carbocycles. The molecule has 1 aromatic heterocycles. The van der Waals surface area contributed by atoms with Gasteiger partial charge in [0, 0.05) is 37.6 Å². The van der Waals surface area contributed by atoms with E-state index in [1.165, 1.54) is 11.3 Å². The number of hydrogen-bond donors (Lipinski definition) is 2. The number of benzene rings is 2. The lowest BCUT2D eigenvalue weighted by molar-refractivity contribution is -0.132. The number of rotatable bonds is 7. The third kappa shape index (κ3) is 6.30. The van der Waals surface area contributed by atoms with Crippen LogP contribution in [0, 0.1) is 6.92 Å². The summed E-state index contributed by atoms with van der Waals surface area (Å²) in [5, 5.41) is 7.60. The van der Waals surface area contributed by atoms with Crippen LogP contribution in [-0.4, -0.2) is 60.2 Å². The molecule has 1 fully saturated rings. The number of nitrogens with one attached hydrogen (secondary N) is 2. The second-order valence-electron chi connectivity index (χ2n) is 8.32. The Balaban J connectivity index is 1.20. The van der Waals surface area contributed by atoms with Crippen molar-refractivity contribution in [3.05, 3.63) is 82.0 Å². The van der Waals surface area contributed by atoms with Gasteiger partial charge in [-0.25, -0.2) is 0 Å². The van der Waals surface area contributed by atoms with Gasteiger partial charge < -0.3 is 15.5 Å². The number of piperazine rings is 1. The van der Waals surface area contributed by atoms with Crippen LogP contribution in [0.3, 0.4) is 0 Å². The van der Waals surface area contributed by atoms with Crippen molar-refractivity contribution >= 4 is 40.4 Å². The number of hydrogen-bond acceptors (Lipinski definition) is 5. The quantitative estimate of drug-likeness (QED) is 0.546. The standard InChI is InChI=1S/C26H28N4O3S/c1-19-5-2-3-6-20(19)17-25(32)30-14-12-29(13-15-30)18-24(31)27-21-8-10-22(11-9-21)28-26(33)23-7-4-16-34-23/h2-11,16H,12-15,17-18H2,1H3,(H,27,31)(H,28,33). The maximum Gasteiger partial charge on any atom is 0.265 e. The number of carbonyl (C=O) groups is 3. The minimum atomic E-state index is -0.150. The van der Waals surface area contributed by atoms with Crippen LogP contribution < -0.4 is 10.6 Å².